The molecule has 4 amide bonds. The molecule has 0 aromatic carbocycles. The van der Waals surface area contributed by atoms with Crippen molar-refractivity contribution in [2.24, 2.45) is 29.0 Å². The third-order valence-electron chi connectivity index (χ3n) is 5.50. The Labute approximate surface area is 207 Å². The fourth-order valence-electron chi connectivity index (χ4n) is 3.32. The first-order valence-electron chi connectivity index (χ1n) is 12.0. The number of nitrogens with zero attached hydrogens (tertiary/aromatic N) is 1. The monoisotopic (exact) mass is 498 g/mol. The number of unbranched alkanes of at least 4 members (excludes halogenated alkanes) is 1. The highest BCUT2D eigenvalue weighted by atomic mass is 16.2. The van der Waals surface area contributed by atoms with Crippen LogP contribution in [0.15, 0.2) is 0 Å². The first-order valence-corrected chi connectivity index (χ1v) is 12.0. The number of nitrogens with one attached hydrogen (secondary N) is 2. The zero-order valence-corrected chi connectivity index (χ0v) is 21.3. The second-order valence-electron chi connectivity index (χ2n) is 8.92. The number of hydrogen-bond donors (Lipinski definition) is 5. The van der Waals surface area contributed by atoms with Crippen molar-refractivity contribution in [1.82, 2.24) is 15.5 Å². The molecule has 0 aromatic rings. The van der Waals surface area contributed by atoms with Crippen molar-refractivity contribution in [3.05, 3.63) is 0 Å². The van der Waals surface area contributed by atoms with Crippen molar-refractivity contribution >= 4 is 35.2 Å². The Hall–Kier alpha value is -2.86. The molecule has 0 saturated heterocycles. The smallest absolute Gasteiger partial charge is 0.237 e. The number of amides is 4. The number of primary amides is 1. The van der Waals surface area contributed by atoms with E-state index in [1.807, 2.05) is 0 Å². The summed E-state index contributed by atoms with van der Waals surface area (Å²) in [6.45, 7) is 6.63. The van der Waals surface area contributed by atoms with E-state index in [9.17, 15) is 28.8 Å². The Morgan fingerprint density at radius 2 is 1.31 bits per heavy atom. The number of rotatable bonds is 18. The summed E-state index contributed by atoms with van der Waals surface area (Å²) < 4.78 is 0. The van der Waals surface area contributed by atoms with E-state index in [0.717, 1.165) is 6.42 Å². The molecule has 0 rings (SSSR count). The van der Waals surface area contributed by atoms with E-state index < -0.39 is 41.6 Å². The molecule has 35 heavy (non-hydrogen) atoms. The van der Waals surface area contributed by atoms with Crippen molar-refractivity contribution < 1.29 is 28.8 Å². The molecule has 4 atom stereocenters. The Morgan fingerprint density at radius 1 is 0.771 bits per heavy atom. The summed E-state index contributed by atoms with van der Waals surface area (Å²) in [4.78, 5) is 74.2. The molecule has 8 N–H and O–H groups in total. The summed E-state index contributed by atoms with van der Waals surface area (Å²) in [5.41, 5.74) is 16.0. The van der Waals surface area contributed by atoms with Crippen molar-refractivity contribution in [3.8, 4) is 0 Å². The second kappa shape index (κ2) is 16.7. The molecular formula is C23H42N6O6. The van der Waals surface area contributed by atoms with Crippen LogP contribution in [0.2, 0.25) is 0 Å². The maximum absolute atomic E-state index is 12.6. The molecule has 0 aliphatic carbocycles. The molecule has 12 heteroatoms. The van der Waals surface area contributed by atoms with Crippen LogP contribution in [0.4, 0.5) is 0 Å². The van der Waals surface area contributed by atoms with Crippen LogP contribution in [0.25, 0.3) is 0 Å². The Bertz CT molecular complexity index is 759. The summed E-state index contributed by atoms with van der Waals surface area (Å²) in [5, 5.41) is 5.19. The lowest BCUT2D eigenvalue weighted by Gasteiger charge is -2.24. The van der Waals surface area contributed by atoms with Crippen LogP contribution in [0.3, 0.4) is 0 Å². The van der Waals surface area contributed by atoms with E-state index in [1.165, 1.54) is 11.8 Å². The SMILES string of the molecule is C[C@@H](CC(=O)[C@@H](C)NC(=O)CCCCN)C(=O)N[C@H](C)C(=O)C[C@H](C)C(=O)N(CCN)CC(N)=O. The van der Waals surface area contributed by atoms with Gasteiger partial charge in [-0.2, -0.15) is 0 Å². The molecule has 200 valence electrons. The average molecular weight is 499 g/mol. The minimum Gasteiger partial charge on any atom is -0.368 e. The van der Waals surface area contributed by atoms with Crippen LogP contribution >= 0.6 is 0 Å². The van der Waals surface area contributed by atoms with Gasteiger partial charge in [-0.25, -0.2) is 0 Å². The fourth-order valence-corrected chi connectivity index (χ4v) is 3.32. The van der Waals surface area contributed by atoms with Gasteiger partial charge in [0.2, 0.25) is 23.6 Å². The molecule has 0 fully saturated rings. The number of carbonyl (C=O) groups is 6. The predicted octanol–water partition coefficient (Wildman–Crippen LogP) is -1.41. The highest BCUT2D eigenvalue weighted by Gasteiger charge is 2.28. The summed E-state index contributed by atoms with van der Waals surface area (Å²) in [6, 6.07) is -1.62. The van der Waals surface area contributed by atoms with Gasteiger partial charge in [-0.1, -0.05) is 13.8 Å². The van der Waals surface area contributed by atoms with E-state index >= 15 is 0 Å². The van der Waals surface area contributed by atoms with E-state index in [2.05, 4.69) is 10.6 Å². The molecular weight excluding hydrogens is 456 g/mol. The maximum Gasteiger partial charge on any atom is 0.237 e. The van der Waals surface area contributed by atoms with Crippen LogP contribution in [0, 0.1) is 11.8 Å². The summed E-state index contributed by atoms with van der Waals surface area (Å²) in [7, 11) is 0. The Morgan fingerprint density at radius 3 is 1.83 bits per heavy atom. The van der Waals surface area contributed by atoms with E-state index in [1.54, 1.807) is 20.8 Å². The first kappa shape index (κ1) is 32.1. The first-order chi connectivity index (χ1) is 16.3. The van der Waals surface area contributed by atoms with Gasteiger partial charge >= 0.3 is 0 Å². The van der Waals surface area contributed by atoms with E-state index in [4.69, 9.17) is 17.2 Å². The van der Waals surface area contributed by atoms with Crippen molar-refractivity contribution in [2.75, 3.05) is 26.2 Å². The number of ketones is 2. The van der Waals surface area contributed by atoms with Crippen molar-refractivity contribution in [1.29, 1.82) is 0 Å². The summed E-state index contributed by atoms with van der Waals surface area (Å²) >= 11 is 0. The standard InChI is InChI=1S/C23H42N6O6/c1-14(11-18(30)16(3)27-21(33)7-5-6-8-24)22(34)28-17(4)19(31)12-15(2)23(35)29(10-9-25)13-20(26)32/h14-17H,5-13,24-25H2,1-4H3,(H2,26,32)(H,27,33)(H,28,34)/t14-,15-,16+,17+/m0/s1. The van der Waals surface area contributed by atoms with Crippen molar-refractivity contribution in [2.45, 2.75) is 71.9 Å². The predicted molar refractivity (Wildman–Crippen MR) is 131 cm³/mol. The van der Waals surface area contributed by atoms with Gasteiger partial charge < -0.3 is 32.7 Å². The normalized spacial score (nSPS) is 14.2. The van der Waals surface area contributed by atoms with Gasteiger partial charge in [0, 0.05) is 44.2 Å². The van der Waals surface area contributed by atoms with Gasteiger partial charge in [-0.15, -0.1) is 0 Å². The van der Waals surface area contributed by atoms with Gasteiger partial charge in [-0.05, 0) is 33.2 Å². The second-order valence-corrected chi connectivity index (χ2v) is 8.92. The minimum atomic E-state index is -0.880. The van der Waals surface area contributed by atoms with E-state index in [-0.39, 0.29) is 56.4 Å². The Balaban J connectivity index is 4.71. The average Bonchev–Trinajstić information content (AvgIpc) is 2.77. The zero-order valence-electron chi connectivity index (χ0n) is 21.3. The minimum absolute atomic E-state index is 0.104. The van der Waals surface area contributed by atoms with Gasteiger partial charge in [0.05, 0.1) is 18.6 Å². The van der Waals surface area contributed by atoms with Gasteiger partial charge in [-0.3, -0.25) is 28.8 Å². The highest BCUT2D eigenvalue weighted by Crippen LogP contribution is 2.11. The topological polar surface area (TPSA) is 208 Å². The van der Waals surface area contributed by atoms with Crippen LogP contribution in [0.5, 0.6) is 0 Å². The van der Waals surface area contributed by atoms with Crippen LogP contribution in [-0.4, -0.2) is 78.4 Å². The van der Waals surface area contributed by atoms with Crippen LogP contribution in [-0.2, 0) is 28.8 Å². The molecule has 0 radical (unpaired) electrons. The molecule has 0 aliphatic heterocycles. The molecule has 0 aliphatic rings. The number of Topliss-reactive ketones (excluding diaryl/α,β-unsaturated/α-hetero) is 2. The lowest BCUT2D eigenvalue weighted by molar-refractivity contribution is -0.140. The van der Waals surface area contributed by atoms with Gasteiger partial charge in [0.25, 0.3) is 0 Å². The highest BCUT2D eigenvalue weighted by molar-refractivity contribution is 5.95. The van der Waals surface area contributed by atoms with Gasteiger partial charge in [0.15, 0.2) is 11.6 Å². The number of nitrogens with two attached hydrogens (primary N) is 3. The quantitative estimate of drug-likeness (QED) is 0.141. The largest absolute Gasteiger partial charge is 0.368 e. The third kappa shape index (κ3) is 13.0. The molecule has 0 saturated carbocycles. The number of carbonyl (C=O) groups excluding carboxylic acids is 6. The lowest BCUT2D eigenvalue weighted by atomic mass is 9.97. The maximum atomic E-state index is 12.6. The van der Waals surface area contributed by atoms with Crippen LogP contribution < -0.4 is 27.8 Å². The summed E-state index contributed by atoms with van der Waals surface area (Å²) in [5.74, 6) is -3.98. The molecule has 0 aromatic heterocycles. The van der Waals surface area contributed by atoms with Gasteiger partial charge in [0.1, 0.15) is 0 Å². The zero-order chi connectivity index (χ0) is 27.1. The molecule has 0 bridgehead atoms. The molecule has 0 unspecified atom stereocenters. The molecule has 0 heterocycles. The Kier molecular flexibility index (Phi) is 15.3. The van der Waals surface area contributed by atoms with E-state index in [0.29, 0.717) is 13.0 Å². The fraction of sp³-hybridized carbons (Fsp3) is 0.739. The van der Waals surface area contributed by atoms with Crippen LogP contribution in [0.1, 0.15) is 59.8 Å². The molecule has 0 spiro atoms. The lowest BCUT2D eigenvalue weighted by Crippen LogP contribution is -2.46. The third-order valence-corrected chi connectivity index (χ3v) is 5.50. The number of hydrogen-bond acceptors (Lipinski definition) is 8. The summed E-state index contributed by atoms with van der Waals surface area (Å²) in [6.07, 6.45) is 1.37. The molecule has 12 nitrogen and oxygen atoms in total. The van der Waals surface area contributed by atoms with Crippen molar-refractivity contribution in [3.63, 3.8) is 0 Å².